The lowest BCUT2D eigenvalue weighted by Gasteiger charge is -2.24. The minimum absolute atomic E-state index is 0.133. The largest absolute Gasteiger partial charge is 0.502 e. The van der Waals surface area contributed by atoms with Crippen molar-refractivity contribution in [2.24, 2.45) is 0 Å². The average Bonchev–Trinajstić information content (AvgIpc) is 2.36. The van der Waals surface area contributed by atoms with E-state index in [2.05, 4.69) is 5.32 Å². The number of phenols is 1. The van der Waals surface area contributed by atoms with Gasteiger partial charge in [0.25, 0.3) is 5.91 Å². The van der Waals surface area contributed by atoms with Crippen molar-refractivity contribution in [2.45, 2.75) is 26.4 Å². The molecule has 2 N–H and O–H groups in total. The van der Waals surface area contributed by atoms with Crippen molar-refractivity contribution in [2.75, 3.05) is 13.2 Å². The third-order valence-electron chi connectivity index (χ3n) is 2.67. The maximum absolute atomic E-state index is 11.9. The quantitative estimate of drug-likeness (QED) is 0.612. The number of phenolic OH excluding ortho intramolecular Hbond substituents is 1. The first-order valence-electron chi connectivity index (χ1n) is 6.17. The number of nitrogens with one attached hydrogen (secondary N) is 1. The van der Waals surface area contributed by atoms with E-state index in [1.165, 1.54) is 12.1 Å². The van der Waals surface area contributed by atoms with Gasteiger partial charge in [-0.25, -0.2) is 0 Å². The second-order valence-electron chi connectivity index (χ2n) is 4.81. The standard InChI is InChI=1S/C13H18N2O5/c1-4-20-13(2,3)8-14-12(17)9-6-5-7-10(11(9)16)15(18)19/h5-7,16H,4,8H2,1-3H3,(H,14,17). The molecular weight excluding hydrogens is 264 g/mol. The van der Waals surface area contributed by atoms with Crippen LogP contribution in [0.1, 0.15) is 31.1 Å². The lowest BCUT2D eigenvalue weighted by molar-refractivity contribution is -0.385. The third kappa shape index (κ3) is 3.92. The Labute approximate surface area is 116 Å². The number of nitrogens with zero attached hydrogens (tertiary/aromatic N) is 1. The summed E-state index contributed by atoms with van der Waals surface area (Å²) in [5.41, 5.74) is -1.19. The summed E-state index contributed by atoms with van der Waals surface area (Å²) in [6, 6.07) is 3.81. The van der Waals surface area contributed by atoms with E-state index in [1.807, 2.05) is 20.8 Å². The SMILES string of the molecule is CCOC(C)(C)CNC(=O)c1cccc([N+](=O)[O-])c1O. The number of hydrogen-bond acceptors (Lipinski definition) is 5. The lowest BCUT2D eigenvalue weighted by Crippen LogP contribution is -2.40. The number of benzene rings is 1. The second kappa shape index (κ2) is 6.33. The molecule has 0 saturated carbocycles. The molecule has 0 atom stereocenters. The summed E-state index contributed by atoms with van der Waals surface area (Å²) >= 11 is 0. The van der Waals surface area contributed by atoms with E-state index in [0.29, 0.717) is 6.61 Å². The van der Waals surface area contributed by atoms with Gasteiger partial charge < -0.3 is 15.2 Å². The normalized spacial score (nSPS) is 11.2. The molecule has 0 aliphatic heterocycles. The van der Waals surface area contributed by atoms with Gasteiger partial charge >= 0.3 is 5.69 Å². The van der Waals surface area contributed by atoms with Gasteiger partial charge in [0.05, 0.1) is 16.1 Å². The number of para-hydroxylation sites is 1. The molecule has 1 amide bonds. The summed E-state index contributed by atoms with van der Waals surface area (Å²) in [7, 11) is 0. The summed E-state index contributed by atoms with van der Waals surface area (Å²) in [6.45, 7) is 6.19. The van der Waals surface area contributed by atoms with Gasteiger partial charge in [0.1, 0.15) is 0 Å². The fourth-order valence-corrected chi connectivity index (χ4v) is 1.69. The molecule has 0 aromatic heterocycles. The van der Waals surface area contributed by atoms with Gasteiger partial charge in [0, 0.05) is 19.2 Å². The number of ether oxygens (including phenoxy) is 1. The summed E-state index contributed by atoms with van der Waals surface area (Å²) in [4.78, 5) is 21.9. The van der Waals surface area contributed by atoms with Crippen LogP contribution in [0.15, 0.2) is 18.2 Å². The number of amides is 1. The Hall–Kier alpha value is -2.15. The van der Waals surface area contributed by atoms with Crippen LogP contribution in [0.3, 0.4) is 0 Å². The van der Waals surface area contributed by atoms with E-state index in [1.54, 1.807) is 0 Å². The highest BCUT2D eigenvalue weighted by Crippen LogP contribution is 2.29. The molecule has 0 radical (unpaired) electrons. The van der Waals surface area contributed by atoms with Crippen molar-refractivity contribution in [1.82, 2.24) is 5.32 Å². The zero-order valence-corrected chi connectivity index (χ0v) is 11.7. The van der Waals surface area contributed by atoms with Crippen molar-refractivity contribution in [3.05, 3.63) is 33.9 Å². The maximum atomic E-state index is 11.9. The zero-order chi connectivity index (χ0) is 15.3. The number of nitro groups is 1. The molecule has 0 saturated heterocycles. The number of nitro benzene ring substituents is 1. The van der Waals surface area contributed by atoms with Crippen LogP contribution in [0, 0.1) is 10.1 Å². The van der Waals surface area contributed by atoms with Crippen LogP contribution >= 0.6 is 0 Å². The van der Waals surface area contributed by atoms with Gasteiger partial charge in [-0.3, -0.25) is 14.9 Å². The van der Waals surface area contributed by atoms with Gasteiger partial charge in [-0.05, 0) is 26.8 Å². The number of carbonyl (C=O) groups is 1. The Kier molecular flexibility index (Phi) is 5.04. The van der Waals surface area contributed by atoms with E-state index < -0.39 is 27.9 Å². The molecule has 0 unspecified atom stereocenters. The predicted octanol–water partition coefficient (Wildman–Crippen LogP) is 1.85. The fraction of sp³-hybridized carbons (Fsp3) is 0.462. The first kappa shape index (κ1) is 15.9. The first-order chi connectivity index (χ1) is 9.28. The summed E-state index contributed by atoms with van der Waals surface area (Å²) < 4.78 is 5.42. The fourth-order valence-electron chi connectivity index (χ4n) is 1.69. The molecule has 110 valence electrons. The minimum Gasteiger partial charge on any atom is -0.502 e. The molecular formula is C13H18N2O5. The summed E-state index contributed by atoms with van der Waals surface area (Å²) in [6.07, 6.45) is 0. The van der Waals surface area contributed by atoms with Crippen molar-refractivity contribution < 1.29 is 19.6 Å². The monoisotopic (exact) mass is 282 g/mol. The molecule has 0 aliphatic rings. The molecule has 20 heavy (non-hydrogen) atoms. The van der Waals surface area contributed by atoms with Crippen molar-refractivity contribution in [1.29, 1.82) is 0 Å². The highest BCUT2D eigenvalue weighted by atomic mass is 16.6. The van der Waals surface area contributed by atoms with Crippen LogP contribution in [0.4, 0.5) is 5.69 Å². The predicted molar refractivity (Wildman–Crippen MR) is 72.8 cm³/mol. The second-order valence-corrected chi connectivity index (χ2v) is 4.81. The molecule has 1 aromatic rings. The maximum Gasteiger partial charge on any atom is 0.311 e. The molecule has 0 aliphatic carbocycles. The van der Waals surface area contributed by atoms with Crippen LogP contribution < -0.4 is 5.32 Å². The van der Waals surface area contributed by atoms with E-state index in [4.69, 9.17) is 4.74 Å². The molecule has 0 spiro atoms. The molecule has 0 fully saturated rings. The Bertz CT molecular complexity index is 513. The third-order valence-corrected chi connectivity index (χ3v) is 2.67. The van der Waals surface area contributed by atoms with Gasteiger partial charge in [-0.1, -0.05) is 6.07 Å². The van der Waals surface area contributed by atoms with Crippen LogP contribution in [0.25, 0.3) is 0 Å². The number of aromatic hydroxyl groups is 1. The van der Waals surface area contributed by atoms with Crippen LogP contribution in [-0.2, 0) is 4.74 Å². The van der Waals surface area contributed by atoms with Gasteiger partial charge in [0.2, 0.25) is 5.75 Å². The molecule has 7 heteroatoms. The highest BCUT2D eigenvalue weighted by Gasteiger charge is 2.23. The van der Waals surface area contributed by atoms with Crippen molar-refractivity contribution >= 4 is 11.6 Å². The van der Waals surface area contributed by atoms with Crippen LogP contribution in [0.5, 0.6) is 5.75 Å². The van der Waals surface area contributed by atoms with Crippen LogP contribution in [0.2, 0.25) is 0 Å². The van der Waals surface area contributed by atoms with Crippen LogP contribution in [-0.4, -0.2) is 34.7 Å². The zero-order valence-electron chi connectivity index (χ0n) is 11.7. The topological polar surface area (TPSA) is 102 Å². The number of hydrogen-bond donors (Lipinski definition) is 2. The van der Waals surface area contributed by atoms with Gasteiger partial charge in [-0.15, -0.1) is 0 Å². The Balaban J connectivity index is 2.84. The first-order valence-corrected chi connectivity index (χ1v) is 6.17. The molecule has 0 bridgehead atoms. The Morgan fingerprint density at radius 1 is 1.50 bits per heavy atom. The molecule has 1 rings (SSSR count). The highest BCUT2D eigenvalue weighted by molar-refractivity contribution is 5.98. The summed E-state index contributed by atoms with van der Waals surface area (Å²) in [5.74, 6) is -1.22. The van der Waals surface area contributed by atoms with Crippen molar-refractivity contribution in [3.63, 3.8) is 0 Å². The van der Waals surface area contributed by atoms with Crippen molar-refractivity contribution in [3.8, 4) is 5.75 Å². The number of rotatable bonds is 6. The lowest BCUT2D eigenvalue weighted by atomic mass is 10.1. The van der Waals surface area contributed by atoms with E-state index >= 15 is 0 Å². The number of carbonyl (C=O) groups excluding carboxylic acids is 1. The smallest absolute Gasteiger partial charge is 0.311 e. The molecule has 0 heterocycles. The average molecular weight is 282 g/mol. The minimum atomic E-state index is -0.740. The summed E-state index contributed by atoms with van der Waals surface area (Å²) in [5, 5.41) is 23.0. The van der Waals surface area contributed by atoms with E-state index in [9.17, 15) is 20.0 Å². The molecule has 7 nitrogen and oxygen atoms in total. The van der Waals surface area contributed by atoms with E-state index in [0.717, 1.165) is 6.07 Å². The van der Waals surface area contributed by atoms with E-state index in [-0.39, 0.29) is 12.1 Å². The molecule has 1 aromatic carbocycles. The van der Waals surface area contributed by atoms with Gasteiger partial charge in [-0.2, -0.15) is 0 Å². The van der Waals surface area contributed by atoms with Gasteiger partial charge in [0.15, 0.2) is 0 Å². The Morgan fingerprint density at radius 3 is 2.70 bits per heavy atom. The Morgan fingerprint density at radius 2 is 2.15 bits per heavy atom.